The van der Waals surface area contributed by atoms with Crippen LogP contribution in [0, 0.1) is 6.92 Å². The van der Waals surface area contributed by atoms with Crippen molar-refractivity contribution in [2.75, 3.05) is 5.32 Å². The van der Waals surface area contributed by atoms with Crippen molar-refractivity contribution < 1.29 is 9.53 Å². The molecular formula is C16H14Cl3NO2. The summed E-state index contributed by atoms with van der Waals surface area (Å²) in [6, 6.07) is 10.1. The molecular weight excluding hydrogens is 345 g/mol. The SMILES string of the molecule is Cc1cc(O[C@@H](C)C(=O)Nc2cc(Cl)cc(Cl)c2)ccc1Cl. The van der Waals surface area contributed by atoms with E-state index in [-0.39, 0.29) is 5.91 Å². The number of carbonyl (C=O) groups is 1. The third-order valence-corrected chi connectivity index (χ3v) is 3.80. The van der Waals surface area contributed by atoms with Crippen molar-refractivity contribution in [1.29, 1.82) is 0 Å². The second-order valence-corrected chi connectivity index (χ2v) is 6.10. The van der Waals surface area contributed by atoms with Gasteiger partial charge in [-0.3, -0.25) is 4.79 Å². The van der Waals surface area contributed by atoms with E-state index >= 15 is 0 Å². The molecule has 22 heavy (non-hydrogen) atoms. The molecule has 0 bridgehead atoms. The molecule has 0 aliphatic rings. The van der Waals surface area contributed by atoms with E-state index in [1.54, 1.807) is 43.3 Å². The van der Waals surface area contributed by atoms with Gasteiger partial charge in [0.2, 0.25) is 0 Å². The highest BCUT2D eigenvalue weighted by Crippen LogP contribution is 2.24. The number of ether oxygens (including phenoxy) is 1. The number of hydrogen-bond donors (Lipinski definition) is 1. The first kappa shape index (κ1) is 16.9. The number of halogens is 3. The van der Waals surface area contributed by atoms with Crippen LogP contribution in [0.5, 0.6) is 5.75 Å². The van der Waals surface area contributed by atoms with Crippen LogP contribution in [0.3, 0.4) is 0 Å². The monoisotopic (exact) mass is 357 g/mol. The number of aryl methyl sites for hydroxylation is 1. The standard InChI is InChI=1S/C16H14Cl3NO2/c1-9-5-14(3-4-15(9)19)22-10(2)16(21)20-13-7-11(17)6-12(18)8-13/h3-8,10H,1-2H3,(H,20,21)/t10-/m0/s1. The molecule has 0 aliphatic heterocycles. The Bertz CT molecular complexity index is 684. The van der Waals surface area contributed by atoms with Crippen LogP contribution in [0.1, 0.15) is 12.5 Å². The van der Waals surface area contributed by atoms with Gasteiger partial charge in [0, 0.05) is 20.8 Å². The molecule has 0 spiro atoms. The minimum Gasteiger partial charge on any atom is -0.481 e. The highest BCUT2D eigenvalue weighted by atomic mass is 35.5. The maximum absolute atomic E-state index is 12.1. The van der Waals surface area contributed by atoms with Gasteiger partial charge in [-0.25, -0.2) is 0 Å². The molecule has 0 radical (unpaired) electrons. The first-order valence-electron chi connectivity index (χ1n) is 6.55. The predicted molar refractivity (Wildman–Crippen MR) is 91.4 cm³/mol. The largest absolute Gasteiger partial charge is 0.481 e. The summed E-state index contributed by atoms with van der Waals surface area (Å²) >= 11 is 17.7. The van der Waals surface area contributed by atoms with Gasteiger partial charge in [0.15, 0.2) is 6.10 Å². The van der Waals surface area contributed by atoms with Crippen molar-refractivity contribution in [3.05, 3.63) is 57.0 Å². The van der Waals surface area contributed by atoms with E-state index in [9.17, 15) is 4.79 Å². The summed E-state index contributed by atoms with van der Waals surface area (Å²) in [5.74, 6) is 0.277. The van der Waals surface area contributed by atoms with E-state index in [2.05, 4.69) is 5.32 Å². The van der Waals surface area contributed by atoms with Gasteiger partial charge in [0.1, 0.15) is 5.75 Å². The lowest BCUT2D eigenvalue weighted by Gasteiger charge is -2.15. The third kappa shape index (κ3) is 4.54. The fourth-order valence-corrected chi connectivity index (χ4v) is 2.46. The molecule has 1 amide bonds. The van der Waals surface area contributed by atoms with E-state index in [0.29, 0.717) is 26.5 Å². The van der Waals surface area contributed by atoms with Crippen molar-refractivity contribution in [3.8, 4) is 5.75 Å². The number of carbonyl (C=O) groups excluding carboxylic acids is 1. The van der Waals surface area contributed by atoms with Crippen LogP contribution >= 0.6 is 34.8 Å². The molecule has 0 saturated heterocycles. The van der Waals surface area contributed by atoms with Gasteiger partial charge in [-0.15, -0.1) is 0 Å². The smallest absolute Gasteiger partial charge is 0.265 e. The van der Waals surface area contributed by atoms with Gasteiger partial charge in [0.05, 0.1) is 0 Å². The van der Waals surface area contributed by atoms with Gasteiger partial charge in [-0.1, -0.05) is 34.8 Å². The lowest BCUT2D eigenvalue weighted by atomic mass is 10.2. The summed E-state index contributed by atoms with van der Waals surface area (Å²) in [5, 5.41) is 4.26. The van der Waals surface area contributed by atoms with Crippen molar-refractivity contribution in [2.24, 2.45) is 0 Å². The minimum atomic E-state index is -0.682. The summed E-state index contributed by atoms with van der Waals surface area (Å²) in [5.41, 5.74) is 1.40. The van der Waals surface area contributed by atoms with E-state index < -0.39 is 6.10 Å². The second kappa shape index (κ2) is 7.23. The van der Waals surface area contributed by atoms with Crippen LogP contribution in [-0.4, -0.2) is 12.0 Å². The summed E-state index contributed by atoms with van der Waals surface area (Å²) in [4.78, 5) is 12.1. The fourth-order valence-electron chi connectivity index (χ4n) is 1.82. The van der Waals surface area contributed by atoms with Crippen molar-refractivity contribution in [1.82, 2.24) is 0 Å². The van der Waals surface area contributed by atoms with Crippen molar-refractivity contribution in [2.45, 2.75) is 20.0 Å². The van der Waals surface area contributed by atoms with E-state index in [0.717, 1.165) is 5.56 Å². The third-order valence-electron chi connectivity index (χ3n) is 2.94. The Morgan fingerprint density at radius 2 is 1.73 bits per heavy atom. The van der Waals surface area contributed by atoms with Gasteiger partial charge >= 0.3 is 0 Å². The van der Waals surface area contributed by atoms with Gasteiger partial charge in [0.25, 0.3) is 5.91 Å². The number of benzene rings is 2. The van der Waals surface area contributed by atoms with E-state index in [1.807, 2.05) is 6.92 Å². The number of anilines is 1. The molecule has 116 valence electrons. The molecule has 0 fully saturated rings. The lowest BCUT2D eigenvalue weighted by Crippen LogP contribution is -2.30. The highest BCUT2D eigenvalue weighted by Gasteiger charge is 2.15. The molecule has 2 rings (SSSR count). The zero-order valence-corrected chi connectivity index (χ0v) is 14.3. The van der Waals surface area contributed by atoms with Crippen molar-refractivity contribution >= 4 is 46.4 Å². The Hall–Kier alpha value is -1.42. The van der Waals surface area contributed by atoms with Gasteiger partial charge in [-0.2, -0.15) is 0 Å². The summed E-state index contributed by atoms with van der Waals surface area (Å²) < 4.78 is 5.61. The molecule has 2 aromatic rings. The molecule has 0 aromatic heterocycles. The van der Waals surface area contributed by atoms with Crippen LogP contribution in [0.4, 0.5) is 5.69 Å². The minimum absolute atomic E-state index is 0.300. The maximum atomic E-state index is 12.1. The highest BCUT2D eigenvalue weighted by molar-refractivity contribution is 6.35. The molecule has 0 saturated carbocycles. The predicted octanol–water partition coefficient (Wildman–Crippen LogP) is 5.36. The molecule has 2 aromatic carbocycles. The topological polar surface area (TPSA) is 38.3 Å². The van der Waals surface area contributed by atoms with E-state index in [1.165, 1.54) is 0 Å². The second-order valence-electron chi connectivity index (χ2n) is 4.82. The normalized spacial score (nSPS) is 11.9. The Labute approximate surface area is 144 Å². The Balaban J connectivity index is 2.04. The molecule has 1 atom stereocenters. The maximum Gasteiger partial charge on any atom is 0.265 e. The first-order chi connectivity index (χ1) is 10.3. The number of nitrogens with one attached hydrogen (secondary N) is 1. The molecule has 1 N–H and O–H groups in total. The van der Waals surface area contributed by atoms with E-state index in [4.69, 9.17) is 39.5 Å². The van der Waals surface area contributed by atoms with Crippen LogP contribution in [-0.2, 0) is 4.79 Å². The summed E-state index contributed by atoms with van der Waals surface area (Å²) in [6.45, 7) is 3.53. The number of hydrogen-bond acceptors (Lipinski definition) is 2. The molecule has 3 nitrogen and oxygen atoms in total. The fraction of sp³-hybridized carbons (Fsp3) is 0.188. The summed E-state index contributed by atoms with van der Waals surface area (Å²) in [6.07, 6.45) is -0.682. The Kier molecular flexibility index (Phi) is 5.57. The molecule has 0 heterocycles. The molecule has 6 heteroatoms. The molecule has 0 unspecified atom stereocenters. The number of rotatable bonds is 4. The van der Waals surface area contributed by atoms with Crippen LogP contribution in [0.2, 0.25) is 15.1 Å². The Morgan fingerprint density at radius 1 is 1.09 bits per heavy atom. The van der Waals surface area contributed by atoms with Crippen molar-refractivity contribution in [3.63, 3.8) is 0 Å². The van der Waals surface area contributed by atoms with Gasteiger partial charge < -0.3 is 10.1 Å². The average molecular weight is 359 g/mol. The first-order valence-corrected chi connectivity index (χ1v) is 7.68. The average Bonchev–Trinajstić information content (AvgIpc) is 2.41. The molecule has 0 aliphatic carbocycles. The van der Waals surface area contributed by atoms with Crippen LogP contribution in [0.15, 0.2) is 36.4 Å². The lowest BCUT2D eigenvalue weighted by molar-refractivity contribution is -0.122. The zero-order valence-electron chi connectivity index (χ0n) is 12.0. The summed E-state index contributed by atoms with van der Waals surface area (Å²) in [7, 11) is 0. The Morgan fingerprint density at radius 3 is 2.32 bits per heavy atom. The van der Waals surface area contributed by atoms with Gasteiger partial charge in [-0.05, 0) is 55.8 Å². The quantitative estimate of drug-likeness (QED) is 0.799. The number of amides is 1. The zero-order chi connectivity index (χ0) is 16.3. The van der Waals surface area contributed by atoms with Crippen LogP contribution < -0.4 is 10.1 Å². The van der Waals surface area contributed by atoms with Crippen LogP contribution in [0.25, 0.3) is 0 Å².